The molecule has 8 nitrogen and oxygen atoms in total. The summed E-state index contributed by atoms with van der Waals surface area (Å²) in [4.78, 5) is 26.6. The van der Waals surface area contributed by atoms with Gasteiger partial charge in [0.25, 0.3) is 11.8 Å². The van der Waals surface area contributed by atoms with Gasteiger partial charge in [0.2, 0.25) is 0 Å². The number of hydrogen-bond donors (Lipinski definition) is 1. The van der Waals surface area contributed by atoms with Gasteiger partial charge in [-0.05, 0) is 39.0 Å². The number of aromatic nitrogens is 2. The molecule has 1 aromatic heterocycles. The first-order chi connectivity index (χ1) is 12.9. The molecule has 2 rings (SSSR count). The normalized spacial score (nSPS) is 10.4. The second kappa shape index (κ2) is 9.07. The lowest BCUT2D eigenvalue weighted by atomic mass is 10.1. The van der Waals surface area contributed by atoms with Gasteiger partial charge in [-0.3, -0.25) is 14.3 Å². The minimum absolute atomic E-state index is 0.230. The molecule has 1 N–H and O–H groups in total. The molecule has 1 heterocycles. The molecule has 0 unspecified atom stereocenters. The number of nitrogens with one attached hydrogen (secondary N) is 1. The fourth-order valence-corrected chi connectivity index (χ4v) is 2.54. The van der Waals surface area contributed by atoms with Gasteiger partial charge in [-0.25, -0.2) is 0 Å². The first-order valence-corrected chi connectivity index (χ1v) is 8.91. The molecule has 0 aliphatic rings. The van der Waals surface area contributed by atoms with Crippen LogP contribution in [0.25, 0.3) is 0 Å². The average Bonchev–Trinajstić information content (AvgIpc) is 3.05. The standard InChI is InChI=1S/C19H26N4O4/c1-6-23-17(19(25)22(4)5)14(12-20-23)21-18(24)13-9-10-15(26-7-2)16(11-13)27-8-3/h9-12H,6-8H2,1-5H3,(H,21,24). The Morgan fingerprint density at radius 3 is 2.37 bits per heavy atom. The first-order valence-electron chi connectivity index (χ1n) is 8.91. The lowest BCUT2D eigenvalue weighted by Crippen LogP contribution is -2.26. The number of carbonyl (C=O) groups excluding carboxylic acids is 2. The van der Waals surface area contributed by atoms with Crippen LogP contribution in [0.15, 0.2) is 24.4 Å². The van der Waals surface area contributed by atoms with Gasteiger partial charge in [0.15, 0.2) is 11.5 Å². The molecule has 0 aliphatic heterocycles. The summed E-state index contributed by atoms with van der Waals surface area (Å²) in [6.07, 6.45) is 1.48. The van der Waals surface area contributed by atoms with E-state index in [9.17, 15) is 9.59 Å². The molecule has 0 saturated carbocycles. The van der Waals surface area contributed by atoms with Crippen molar-refractivity contribution in [3.63, 3.8) is 0 Å². The summed E-state index contributed by atoms with van der Waals surface area (Å²) in [6, 6.07) is 4.98. The summed E-state index contributed by atoms with van der Waals surface area (Å²) in [5.41, 5.74) is 1.11. The molecule has 0 bridgehead atoms. The van der Waals surface area contributed by atoms with Crippen molar-refractivity contribution in [3.05, 3.63) is 35.7 Å². The van der Waals surface area contributed by atoms with Crippen molar-refractivity contribution in [2.75, 3.05) is 32.6 Å². The van der Waals surface area contributed by atoms with Gasteiger partial charge >= 0.3 is 0 Å². The number of benzene rings is 1. The van der Waals surface area contributed by atoms with E-state index in [1.165, 1.54) is 11.1 Å². The van der Waals surface area contributed by atoms with Crippen LogP contribution in [0.3, 0.4) is 0 Å². The minimum atomic E-state index is -0.359. The number of aryl methyl sites for hydroxylation is 1. The van der Waals surface area contributed by atoms with Gasteiger partial charge in [0.1, 0.15) is 5.69 Å². The fraction of sp³-hybridized carbons (Fsp3) is 0.421. The summed E-state index contributed by atoms with van der Waals surface area (Å²) in [6.45, 7) is 7.09. The maximum Gasteiger partial charge on any atom is 0.273 e. The highest BCUT2D eigenvalue weighted by atomic mass is 16.5. The number of rotatable bonds is 8. The zero-order chi connectivity index (χ0) is 20.0. The Kier molecular flexibility index (Phi) is 6.81. The van der Waals surface area contributed by atoms with Crippen LogP contribution in [0.4, 0.5) is 5.69 Å². The van der Waals surface area contributed by atoms with E-state index in [0.29, 0.717) is 48.2 Å². The minimum Gasteiger partial charge on any atom is -0.490 e. The van der Waals surface area contributed by atoms with Gasteiger partial charge in [0.05, 0.1) is 25.1 Å². The van der Waals surface area contributed by atoms with Gasteiger partial charge in [-0.1, -0.05) is 0 Å². The van der Waals surface area contributed by atoms with Gasteiger partial charge in [-0.15, -0.1) is 0 Å². The maximum absolute atomic E-state index is 12.7. The van der Waals surface area contributed by atoms with E-state index >= 15 is 0 Å². The Labute approximate surface area is 159 Å². The average molecular weight is 374 g/mol. The van der Waals surface area contributed by atoms with E-state index in [1.54, 1.807) is 37.0 Å². The van der Waals surface area contributed by atoms with E-state index in [1.807, 2.05) is 20.8 Å². The molecule has 0 atom stereocenters. The summed E-state index contributed by atoms with van der Waals surface area (Å²) >= 11 is 0. The summed E-state index contributed by atoms with van der Waals surface area (Å²) in [5.74, 6) is 0.493. The summed E-state index contributed by atoms with van der Waals surface area (Å²) in [7, 11) is 3.31. The molecule has 2 aromatic rings. The van der Waals surface area contributed by atoms with Crippen LogP contribution in [0.2, 0.25) is 0 Å². The first kappa shape index (κ1) is 20.3. The Bertz CT molecular complexity index is 814. The SMILES string of the molecule is CCOc1ccc(C(=O)Nc2cnn(CC)c2C(=O)N(C)C)cc1OCC. The van der Waals surface area contributed by atoms with Crippen molar-refractivity contribution in [1.82, 2.24) is 14.7 Å². The van der Waals surface area contributed by atoms with Crippen molar-refractivity contribution in [2.45, 2.75) is 27.3 Å². The third kappa shape index (κ3) is 4.58. The number of anilines is 1. The monoisotopic (exact) mass is 374 g/mol. The molecule has 1 aromatic carbocycles. The Morgan fingerprint density at radius 1 is 1.11 bits per heavy atom. The van der Waals surface area contributed by atoms with E-state index in [0.717, 1.165) is 0 Å². The molecule has 0 aliphatic carbocycles. The molecule has 0 saturated heterocycles. The molecular weight excluding hydrogens is 348 g/mol. The number of ether oxygens (including phenoxy) is 2. The highest BCUT2D eigenvalue weighted by Gasteiger charge is 2.22. The topological polar surface area (TPSA) is 85.7 Å². The highest BCUT2D eigenvalue weighted by Crippen LogP contribution is 2.29. The smallest absolute Gasteiger partial charge is 0.273 e. The lowest BCUT2D eigenvalue weighted by Gasteiger charge is -2.14. The largest absolute Gasteiger partial charge is 0.490 e. The van der Waals surface area contributed by atoms with Crippen LogP contribution >= 0.6 is 0 Å². The highest BCUT2D eigenvalue weighted by molar-refractivity contribution is 6.08. The molecule has 146 valence electrons. The third-order valence-electron chi connectivity index (χ3n) is 3.80. The van der Waals surface area contributed by atoms with Crippen LogP contribution in [0.5, 0.6) is 11.5 Å². The molecule has 0 radical (unpaired) electrons. The Balaban J connectivity index is 2.31. The molecule has 0 fully saturated rings. The molecule has 0 spiro atoms. The number of carbonyl (C=O) groups is 2. The predicted molar refractivity (Wildman–Crippen MR) is 103 cm³/mol. The van der Waals surface area contributed by atoms with Crippen LogP contribution in [0, 0.1) is 0 Å². The second-order valence-corrected chi connectivity index (χ2v) is 5.90. The quantitative estimate of drug-likeness (QED) is 0.768. The zero-order valence-corrected chi connectivity index (χ0v) is 16.4. The van der Waals surface area contributed by atoms with Crippen molar-refractivity contribution in [2.24, 2.45) is 0 Å². The molecule has 2 amide bonds. The summed E-state index contributed by atoms with van der Waals surface area (Å²) in [5, 5.41) is 6.95. The van der Waals surface area contributed by atoms with Gasteiger partial charge < -0.3 is 19.7 Å². The van der Waals surface area contributed by atoms with E-state index in [4.69, 9.17) is 9.47 Å². The molecule has 8 heteroatoms. The van der Waals surface area contributed by atoms with Gasteiger partial charge in [0, 0.05) is 26.2 Å². The van der Waals surface area contributed by atoms with Crippen molar-refractivity contribution in [3.8, 4) is 11.5 Å². The van der Waals surface area contributed by atoms with E-state index < -0.39 is 0 Å². The Morgan fingerprint density at radius 2 is 1.78 bits per heavy atom. The van der Waals surface area contributed by atoms with Crippen LogP contribution < -0.4 is 14.8 Å². The Hall–Kier alpha value is -3.03. The van der Waals surface area contributed by atoms with Crippen LogP contribution in [-0.2, 0) is 6.54 Å². The lowest BCUT2D eigenvalue weighted by molar-refractivity contribution is 0.0816. The predicted octanol–water partition coefficient (Wildman–Crippen LogP) is 2.65. The van der Waals surface area contributed by atoms with E-state index in [-0.39, 0.29) is 11.8 Å². The van der Waals surface area contributed by atoms with Crippen molar-refractivity contribution < 1.29 is 19.1 Å². The van der Waals surface area contributed by atoms with Crippen LogP contribution in [-0.4, -0.2) is 53.8 Å². The van der Waals surface area contributed by atoms with Gasteiger partial charge in [-0.2, -0.15) is 5.10 Å². The third-order valence-corrected chi connectivity index (χ3v) is 3.80. The fourth-order valence-electron chi connectivity index (χ4n) is 2.54. The van der Waals surface area contributed by atoms with Crippen molar-refractivity contribution >= 4 is 17.5 Å². The summed E-state index contributed by atoms with van der Waals surface area (Å²) < 4.78 is 12.6. The molecular formula is C19H26N4O4. The zero-order valence-electron chi connectivity index (χ0n) is 16.4. The molecule has 27 heavy (non-hydrogen) atoms. The van der Waals surface area contributed by atoms with E-state index in [2.05, 4.69) is 10.4 Å². The number of nitrogens with zero attached hydrogens (tertiary/aromatic N) is 3. The second-order valence-electron chi connectivity index (χ2n) is 5.90. The van der Waals surface area contributed by atoms with Crippen molar-refractivity contribution in [1.29, 1.82) is 0 Å². The maximum atomic E-state index is 12.7. The van der Waals surface area contributed by atoms with Crippen LogP contribution in [0.1, 0.15) is 41.6 Å². The number of hydrogen-bond acceptors (Lipinski definition) is 5. The number of amides is 2.